The molecule has 1 saturated carbocycles. The number of ketones is 1. The number of halogens is 1. The second-order valence-electron chi connectivity index (χ2n) is 5.23. The molecular formula is C15H23ClN2O2. The molecule has 1 aliphatic carbocycles. The lowest BCUT2D eigenvalue weighted by atomic mass is 10.1. The Kier molecular flexibility index (Phi) is 5.22. The molecule has 1 atom stereocenters. The smallest absolute Gasteiger partial charge is 0.167 e. The topological polar surface area (TPSA) is 44.1 Å². The van der Waals surface area contributed by atoms with Crippen LogP contribution in [-0.2, 0) is 28.9 Å². The fourth-order valence-corrected chi connectivity index (χ4v) is 2.86. The summed E-state index contributed by atoms with van der Waals surface area (Å²) < 4.78 is 7.47. The maximum absolute atomic E-state index is 12.5. The third kappa shape index (κ3) is 3.23. The molecule has 5 heteroatoms. The van der Waals surface area contributed by atoms with E-state index in [0.29, 0.717) is 24.0 Å². The van der Waals surface area contributed by atoms with Crippen molar-refractivity contribution in [2.75, 3.05) is 6.61 Å². The van der Waals surface area contributed by atoms with E-state index in [0.717, 1.165) is 37.2 Å². The zero-order chi connectivity index (χ0) is 14.7. The van der Waals surface area contributed by atoms with E-state index in [1.807, 2.05) is 25.5 Å². The number of hydrogen-bond acceptors (Lipinski definition) is 3. The first kappa shape index (κ1) is 15.5. The molecule has 1 aliphatic rings. The van der Waals surface area contributed by atoms with E-state index >= 15 is 0 Å². The van der Waals surface area contributed by atoms with Crippen LogP contribution in [0.5, 0.6) is 0 Å². The van der Waals surface area contributed by atoms with Gasteiger partial charge in [0, 0.05) is 13.2 Å². The molecule has 20 heavy (non-hydrogen) atoms. The molecule has 0 saturated heterocycles. The summed E-state index contributed by atoms with van der Waals surface area (Å²) in [5, 5.41) is 5.10. The van der Waals surface area contributed by atoms with Crippen molar-refractivity contribution in [3.05, 3.63) is 16.4 Å². The van der Waals surface area contributed by atoms with Gasteiger partial charge in [0.05, 0.1) is 22.8 Å². The number of aryl methyl sites for hydroxylation is 2. The molecule has 0 N–H and O–H groups in total. The zero-order valence-electron chi connectivity index (χ0n) is 12.5. The standard InChI is InChI=1S/C15H23ClN2O2/c1-4-11-14(16)12(18(5-2)17-11)9-13(19)15(20-6-3)10-7-8-10/h10,15H,4-9H2,1-3H3. The highest BCUT2D eigenvalue weighted by molar-refractivity contribution is 6.32. The Hall–Kier alpha value is -0.870. The van der Waals surface area contributed by atoms with Crippen LogP contribution >= 0.6 is 11.6 Å². The first-order valence-corrected chi connectivity index (χ1v) is 7.88. The number of nitrogens with zero attached hydrogens (tertiary/aromatic N) is 2. The highest BCUT2D eigenvalue weighted by Gasteiger charge is 2.37. The molecule has 1 unspecified atom stereocenters. The van der Waals surface area contributed by atoms with E-state index in [-0.39, 0.29) is 11.9 Å². The van der Waals surface area contributed by atoms with E-state index in [4.69, 9.17) is 16.3 Å². The van der Waals surface area contributed by atoms with Crippen molar-refractivity contribution in [3.8, 4) is 0 Å². The van der Waals surface area contributed by atoms with Crippen LogP contribution in [0.3, 0.4) is 0 Å². The minimum atomic E-state index is -0.263. The molecule has 1 fully saturated rings. The van der Waals surface area contributed by atoms with Gasteiger partial charge >= 0.3 is 0 Å². The summed E-state index contributed by atoms with van der Waals surface area (Å²) in [5.41, 5.74) is 1.71. The van der Waals surface area contributed by atoms with Gasteiger partial charge in [0.25, 0.3) is 0 Å². The molecule has 0 amide bonds. The van der Waals surface area contributed by atoms with Gasteiger partial charge in [-0.25, -0.2) is 0 Å². The maximum Gasteiger partial charge on any atom is 0.167 e. The Morgan fingerprint density at radius 1 is 1.45 bits per heavy atom. The molecule has 1 heterocycles. The van der Waals surface area contributed by atoms with Crippen molar-refractivity contribution in [1.82, 2.24) is 9.78 Å². The molecule has 0 bridgehead atoms. The minimum Gasteiger partial charge on any atom is -0.370 e. The summed E-state index contributed by atoms with van der Waals surface area (Å²) in [6, 6.07) is 0. The Morgan fingerprint density at radius 3 is 2.65 bits per heavy atom. The van der Waals surface area contributed by atoms with Crippen LogP contribution in [0.15, 0.2) is 0 Å². The van der Waals surface area contributed by atoms with Gasteiger partial charge in [-0.1, -0.05) is 18.5 Å². The van der Waals surface area contributed by atoms with Crippen LogP contribution in [-0.4, -0.2) is 28.3 Å². The Morgan fingerprint density at radius 2 is 2.15 bits per heavy atom. The van der Waals surface area contributed by atoms with Crippen LogP contribution < -0.4 is 0 Å². The predicted molar refractivity (Wildman–Crippen MR) is 79.1 cm³/mol. The number of carbonyl (C=O) groups is 1. The molecule has 1 aromatic heterocycles. The molecule has 0 radical (unpaired) electrons. The summed E-state index contributed by atoms with van der Waals surface area (Å²) in [4.78, 5) is 12.5. The van der Waals surface area contributed by atoms with Gasteiger partial charge < -0.3 is 4.74 Å². The van der Waals surface area contributed by atoms with E-state index in [2.05, 4.69) is 5.10 Å². The quantitative estimate of drug-likeness (QED) is 0.741. The van der Waals surface area contributed by atoms with Crippen molar-refractivity contribution >= 4 is 17.4 Å². The molecule has 1 aromatic rings. The van der Waals surface area contributed by atoms with Gasteiger partial charge in [0.2, 0.25) is 0 Å². The van der Waals surface area contributed by atoms with Gasteiger partial charge in [-0.2, -0.15) is 5.10 Å². The molecule has 0 aromatic carbocycles. The van der Waals surface area contributed by atoms with Crippen LogP contribution in [0.1, 0.15) is 45.0 Å². The Bertz CT molecular complexity index is 480. The van der Waals surface area contributed by atoms with E-state index in [1.54, 1.807) is 0 Å². The highest BCUT2D eigenvalue weighted by atomic mass is 35.5. The second-order valence-corrected chi connectivity index (χ2v) is 5.61. The monoisotopic (exact) mass is 298 g/mol. The lowest BCUT2D eigenvalue weighted by Crippen LogP contribution is -2.29. The molecular weight excluding hydrogens is 276 g/mol. The predicted octanol–water partition coefficient (Wildman–Crippen LogP) is 3.05. The molecule has 0 spiro atoms. The highest BCUT2D eigenvalue weighted by Crippen LogP contribution is 2.35. The van der Waals surface area contributed by atoms with Crippen LogP contribution in [0.2, 0.25) is 5.02 Å². The van der Waals surface area contributed by atoms with Crippen molar-refractivity contribution in [3.63, 3.8) is 0 Å². The second kappa shape index (κ2) is 6.72. The van der Waals surface area contributed by atoms with Gasteiger partial charge in [-0.05, 0) is 39.0 Å². The zero-order valence-corrected chi connectivity index (χ0v) is 13.2. The van der Waals surface area contributed by atoms with E-state index in [1.165, 1.54) is 0 Å². The molecule has 4 nitrogen and oxygen atoms in total. The summed E-state index contributed by atoms with van der Waals surface area (Å²) in [5.74, 6) is 0.540. The van der Waals surface area contributed by atoms with Crippen LogP contribution in [0.4, 0.5) is 0 Å². The SMILES string of the molecule is CCOC(C(=O)Cc1c(Cl)c(CC)nn1CC)C1CC1. The first-order chi connectivity index (χ1) is 9.62. The van der Waals surface area contributed by atoms with Gasteiger partial charge in [0.1, 0.15) is 6.10 Å². The maximum atomic E-state index is 12.5. The van der Waals surface area contributed by atoms with Crippen LogP contribution in [0, 0.1) is 5.92 Å². The first-order valence-electron chi connectivity index (χ1n) is 7.50. The molecule has 2 rings (SSSR count). The number of Topliss-reactive ketones (excluding diaryl/α,β-unsaturated/α-hetero) is 1. The average molecular weight is 299 g/mol. The van der Waals surface area contributed by atoms with Crippen molar-refractivity contribution in [1.29, 1.82) is 0 Å². The fourth-order valence-electron chi connectivity index (χ4n) is 2.52. The summed E-state index contributed by atoms with van der Waals surface area (Å²) >= 11 is 6.35. The third-order valence-corrected chi connectivity index (χ3v) is 4.19. The summed E-state index contributed by atoms with van der Waals surface area (Å²) in [6.07, 6.45) is 3.03. The normalized spacial score (nSPS) is 16.4. The van der Waals surface area contributed by atoms with Crippen molar-refractivity contribution < 1.29 is 9.53 Å². The minimum absolute atomic E-state index is 0.133. The van der Waals surface area contributed by atoms with Gasteiger partial charge in [0.15, 0.2) is 5.78 Å². The van der Waals surface area contributed by atoms with Gasteiger partial charge in [-0.15, -0.1) is 0 Å². The summed E-state index contributed by atoms with van der Waals surface area (Å²) in [6.45, 7) is 7.27. The van der Waals surface area contributed by atoms with Crippen molar-refractivity contribution in [2.24, 2.45) is 5.92 Å². The van der Waals surface area contributed by atoms with E-state index in [9.17, 15) is 4.79 Å². The van der Waals surface area contributed by atoms with Crippen LogP contribution in [0.25, 0.3) is 0 Å². The number of carbonyl (C=O) groups excluding carboxylic acids is 1. The Balaban J connectivity index is 2.15. The Labute approximate surface area is 125 Å². The largest absolute Gasteiger partial charge is 0.370 e. The lowest BCUT2D eigenvalue weighted by Gasteiger charge is -2.15. The third-order valence-electron chi connectivity index (χ3n) is 3.75. The molecule has 112 valence electrons. The molecule has 0 aliphatic heterocycles. The summed E-state index contributed by atoms with van der Waals surface area (Å²) in [7, 11) is 0. The number of ether oxygens (including phenoxy) is 1. The lowest BCUT2D eigenvalue weighted by molar-refractivity contribution is -0.131. The van der Waals surface area contributed by atoms with Crippen molar-refractivity contribution in [2.45, 2.75) is 59.1 Å². The fraction of sp³-hybridized carbons (Fsp3) is 0.733. The van der Waals surface area contributed by atoms with E-state index < -0.39 is 0 Å². The number of rotatable bonds is 8. The number of hydrogen-bond donors (Lipinski definition) is 0. The van der Waals surface area contributed by atoms with Gasteiger partial charge in [-0.3, -0.25) is 9.48 Å². The average Bonchev–Trinajstić information content (AvgIpc) is 3.23. The number of aromatic nitrogens is 2.